The molecule has 0 bridgehead atoms. The second-order valence-electron chi connectivity index (χ2n) is 3.23. The SMILES string of the molecule is CCCCC[C@@H](N)c1ccc[nH]1.Cl. The van der Waals surface area contributed by atoms with E-state index in [1.807, 2.05) is 12.3 Å². The van der Waals surface area contributed by atoms with Gasteiger partial charge in [0.2, 0.25) is 0 Å². The van der Waals surface area contributed by atoms with Crippen molar-refractivity contribution in [3.05, 3.63) is 24.0 Å². The molecule has 2 nitrogen and oxygen atoms in total. The maximum atomic E-state index is 5.95. The van der Waals surface area contributed by atoms with E-state index in [9.17, 15) is 0 Å². The van der Waals surface area contributed by atoms with E-state index in [-0.39, 0.29) is 18.4 Å². The van der Waals surface area contributed by atoms with Crippen molar-refractivity contribution in [1.29, 1.82) is 0 Å². The van der Waals surface area contributed by atoms with E-state index in [0.29, 0.717) is 0 Å². The van der Waals surface area contributed by atoms with Crippen molar-refractivity contribution in [3.63, 3.8) is 0 Å². The molecule has 0 unspecified atom stereocenters. The van der Waals surface area contributed by atoms with E-state index in [0.717, 1.165) is 12.1 Å². The summed E-state index contributed by atoms with van der Waals surface area (Å²) in [5.41, 5.74) is 7.11. The summed E-state index contributed by atoms with van der Waals surface area (Å²) in [6, 6.07) is 4.25. The van der Waals surface area contributed by atoms with Crippen LogP contribution in [0, 0.1) is 0 Å². The molecule has 0 aliphatic heterocycles. The van der Waals surface area contributed by atoms with E-state index in [1.165, 1.54) is 19.3 Å². The maximum Gasteiger partial charge on any atom is 0.0447 e. The predicted octanol–water partition coefficient (Wildman–Crippen LogP) is 3.02. The minimum Gasteiger partial charge on any atom is -0.364 e. The number of hydrogen-bond acceptors (Lipinski definition) is 1. The molecule has 0 amide bonds. The van der Waals surface area contributed by atoms with Crippen LogP contribution < -0.4 is 5.73 Å². The van der Waals surface area contributed by atoms with Crippen LogP contribution in [-0.2, 0) is 0 Å². The molecule has 13 heavy (non-hydrogen) atoms. The Morgan fingerprint density at radius 1 is 1.46 bits per heavy atom. The highest BCUT2D eigenvalue weighted by molar-refractivity contribution is 5.85. The third-order valence-corrected chi connectivity index (χ3v) is 2.14. The fraction of sp³-hybridized carbons (Fsp3) is 0.600. The Labute approximate surface area is 86.3 Å². The lowest BCUT2D eigenvalue weighted by molar-refractivity contribution is 0.573. The van der Waals surface area contributed by atoms with Crippen molar-refractivity contribution >= 4 is 12.4 Å². The van der Waals surface area contributed by atoms with Crippen molar-refractivity contribution in [1.82, 2.24) is 4.98 Å². The molecule has 0 radical (unpaired) electrons. The minimum absolute atomic E-state index is 0. The molecule has 0 aliphatic carbocycles. The molecule has 1 rings (SSSR count). The van der Waals surface area contributed by atoms with Gasteiger partial charge in [-0.1, -0.05) is 26.2 Å². The molecule has 0 aromatic carbocycles. The van der Waals surface area contributed by atoms with Gasteiger partial charge in [0.15, 0.2) is 0 Å². The van der Waals surface area contributed by atoms with Crippen LogP contribution >= 0.6 is 12.4 Å². The molecule has 1 atom stereocenters. The van der Waals surface area contributed by atoms with E-state index in [4.69, 9.17) is 5.73 Å². The molecule has 1 aromatic heterocycles. The van der Waals surface area contributed by atoms with E-state index >= 15 is 0 Å². The average Bonchev–Trinajstić information content (AvgIpc) is 2.56. The lowest BCUT2D eigenvalue weighted by atomic mass is 10.1. The maximum absolute atomic E-state index is 5.95. The van der Waals surface area contributed by atoms with Crippen LogP contribution in [0.4, 0.5) is 0 Å². The van der Waals surface area contributed by atoms with Gasteiger partial charge in [-0.2, -0.15) is 0 Å². The molecule has 76 valence electrons. The third-order valence-electron chi connectivity index (χ3n) is 2.14. The monoisotopic (exact) mass is 202 g/mol. The van der Waals surface area contributed by atoms with Crippen molar-refractivity contribution in [2.24, 2.45) is 5.73 Å². The van der Waals surface area contributed by atoms with Gasteiger partial charge in [-0.25, -0.2) is 0 Å². The first-order chi connectivity index (χ1) is 5.84. The highest BCUT2D eigenvalue weighted by Gasteiger charge is 2.04. The molecule has 0 saturated carbocycles. The van der Waals surface area contributed by atoms with E-state index in [1.54, 1.807) is 0 Å². The molecule has 0 spiro atoms. The number of nitrogens with one attached hydrogen (secondary N) is 1. The van der Waals surface area contributed by atoms with Crippen molar-refractivity contribution < 1.29 is 0 Å². The van der Waals surface area contributed by atoms with Crippen molar-refractivity contribution in [2.45, 2.75) is 38.6 Å². The second kappa shape index (κ2) is 6.98. The number of unbranched alkanes of at least 4 members (excludes halogenated alkanes) is 2. The Hall–Kier alpha value is -0.470. The minimum atomic E-state index is 0. The average molecular weight is 203 g/mol. The summed E-state index contributed by atoms with van der Waals surface area (Å²) in [4.78, 5) is 3.14. The van der Waals surface area contributed by atoms with Gasteiger partial charge in [0.25, 0.3) is 0 Å². The summed E-state index contributed by atoms with van der Waals surface area (Å²) in [6.07, 6.45) is 6.80. The number of H-pyrrole nitrogens is 1. The molecule has 0 saturated heterocycles. The molecule has 1 aromatic rings. The van der Waals surface area contributed by atoms with Crippen LogP contribution in [0.15, 0.2) is 18.3 Å². The summed E-state index contributed by atoms with van der Waals surface area (Å²) in [5, 5.41) is 0. The molecule has 3 heteroatoms. The summed E-state index contributed by atoms with van der Waals surface area (Å²) in [6.45, 7) is 2.21. The van der Waals surface area contributed by atoms with Crippen LogP contribution in [0.5, 0.6) is 0 Å². The fourth-order valence-electron chi connectivity index (χ4n) is 1.34. The number of hydrogen-bond donors (Lipinski definition) is 2. The Morgan fingerprint density at radius 3 is 2.77 bits per heavy atom. The Bertz CT molecular complexity index is 197. The summed E-state index contributed by atoms with van der Waals surface area (Å²) < 4.78 is 0. The van der Waals surface area contributed by atoms with E-state index in [2.05, 4.69) is 18.0 Å². The Morgan fingerprint density at radius 2 is 2.23 bits per heavy atom. The zero-order valence-electron chi connectivity index (χ0n) is 8.12. The van der Waals surface area contributed by atoms with Crippen LogP contribution in [0.25, 0.3) is 0 Å². The molecule has 3 N–H and O–H groups in total. The molecule has 0 fully saturated rings. The Kier molecular flexibility index (Phi) is 6.73. The lowest BCUT2D eigenvalue weighted by Gasteiger charge is -2.08. The number of halogens is 1. The van der Waals surface area contributed by atoms with E-state index < -0.39 is 0 Å². The largest absolute Gasteiger partial charge is 0.364 e. The normalized spacial score (nSPS) is 12.2. The molecule has 1 heterocycles. The second-order valence-corrected chi connectivity index (χ2v) is 3.23. The number of aromatic nitrogens is 1. The number of rotatable bonds is 5. The van der Waals surface area contributed by atoms with Gasteiger partial charge in [0.05, 0.1) is 0 Å². The van der Waals surface area contributed by atoms with Crippen molar-refractivity contribution in [2.75, 3.05) is 0 Å². The number of nitrogens with two attached hydrogens (primary N) is 1. The predicted molar refractivity (Wildman–Crippen MR) is 59.1 cm³/mol. The lowest BCUT2D eigenvalue weighted by Crippen LogP contribution is -2.10. The number of aromatic amines is 1. The van der Waals surface area contributed by atoms with Crippen LogP contribution in [-0.4, -0.2) is 4.98 Å². The summed E-state index contributed by atoms with van der Waals surface area (Å²) in [5.74, 6) is 0. The zero-order chi connectivity index (χ0) is 8.81. The fourth-order valence-corrected chi connectivity index (χ4v) is 1.34. The van der Waals surface area contributed by atoms with Gasteiger partial charge in [-0.05, 0) is 18.6 Å². The van der Waals surface area contributed by atoms with Gasteiger partial charge in [0, 0.05) is 17.9 Å². The quantitative estimate of drug-likeness (QED) is 0.709. The van der Waals surface area contributed by atoms with Gasteiger partial charge in [-0.3, -0.25) is 0 Å². The van der Waals surface area contributed by atoms with Gasteiger partial charge < -0.3 is 10.7 Å². The van der Waals surface area contributed by atoms with Crippen LogP contribution in [0.3, 0.4) is 0 Å². The first kappa shape index (κ1) is 12.5. The summed E-state index contributed by atoms with van der Waals surface area (Å²) >= 11 is 0. The zero-order valence-corrected chi connectivity index (χ0v) is 8.94. The van der Waals surface area contributed by atoms with Crippen molar-refractivity contribution in [3.8, 4) is 0 Å². The summed E-state index contributed by atoms with van der Waals surface area (Å²) in [7, 11) is 0. The molecular weight excluding hydrogens is 184 g/mol. The topological polar surface area (TPSA) is 41.8 Å². The molecular formula is C10H19ClN2. The standard InChI is InChI=1S/C10H18N2.ClH/c1-2-3-4-6-9(11)10-7-5-8-12-10;/h5,7-9,12H,2-4,6,11H2,1H3;1H/t9-;/m1./s1. The first-order valence-electron chi connectivity index (χ1n) is 4.73. The van der Waals surface area contributed by atoms with Crippen LogP contribution in [0.1, 0.15) is 44.3 Å². The molecule has 0 aliphatic rings. The smallest absolute Gasteiger partial charge is 0.0447 e. The third kappa shape index (κ3) is 4.34. The first-order valence-corrected chi connectivity index (χ1v) is 4.73. The Balaban J connectivity index is 0.00000144. The highest BCUT2D eigenvalue weighted by atomic mass is 35.5. The van der Waals surface area contributed by atoms with Crippen LogP contribution in [0.2, 0.25) is 0 Å². The highest BCUT2D eigenvalue weighted by Crippen LogP contribution is 2.14. The van der Waals surface area contributed by atoms with Gasteiger partial charge >= 0.3 is 0 Å². The van der Waals surface area contributed by atoms with Gasteiger partial charge in [0.1, 0.15) is 0 Å². The van der Waals surface area contributed by atoms with Gasteiger partial charge in [-0.15, -0.1) is 12.4 Å².